The summed E-state index contributed by atoms with van der Waals surface area (Å²) in [7, 11) is 0. The molecule has 0 fully saturated rings. The van der Waals surface area contributed by atoms with E-state index in [1.165, 1.54) is 5.57 Å². The summed E-state index contributed by atoms with van der Waals surface area (Å²) in [6.07, 6.45) is 21.7. The SMILES string of the molecule is C=C/C=C(\C=C)OCCNc1nc2c(cc1C(=O)N/C=C/C=C(/C)C=C)C(C)CC(C(/C=C\CC)=C/C)C2.NO. The minimum Gasteiger partial charge on any atom is -0.492 e. The molecule has 1 aliphatic rings. The molecular weight excluding hydrogens is 500 g/mol. The monoisotopic (exact) mass is 546 g/mol. The van der Waals surface area contributed by atoms with E-state index in [1.807, 2.05) is 19.1 Å². The van der Waals surface area contributed by atoms with Gasteiger partial charge in [0.05, 0.1) is 12.1 Å². The van der Waals surface area contributed by atoms with Gasteiger partial charge in [0.2, 0.25) is 0 Å². The van der Waals surface area contributed by atoms with E-state index >= 15 is 0 Å². The molecule has 40 heavy (non-hydrogen) atoms. The normalized spacial score (nSPS) is 17.5. The third kappa shape index (κ3) is 10.7. The Morgan fingerprint density at radius 2 is 2.00 bits per heavy atom. The van der Waals surface area contributed by atoms with Crippen LogP contribution in [0.3, 0.4) is 0 Å². The summed E-state index contributed by atoms with van der Waals surface area (Å²) in [4.78, 5) is 18.2. The van der Waals surface area contributed by atoms with Crippen molar-refractivity contribution < 1.29 is 14.7 Å². The molecule has 0 saturated carbocycles. The zero-order chi connectivity index (χ0) is 29.9. The van der Waals surface area contributed by atoms with Crippen LogP contribution in [0.2, 0.25) is 0 Å². The number of nitrogens with one attached hydrogen (secondary N) is 2. The molecule has 0 radical (unpaired) electrons. The van der Waals surface area contributed by atoms with Gasteiger partial charge in [0.1, 0.15) is 18.2 Å². The molecular formula is C33H46N4O3. The molecule has 0 bridgehead atoms. The van der Waals surface area contributed by atoms with E-state index in [0.717, 1.165) is 36.1 Å². The van der Waals surface area contributed by atoms with E-state index in [-0.39, 0.29) is 11.8 Å². The maximum absolute atomic E-state index is 13.2. The van der Waals surface area contributed by atoms with E-state index in [0.29, 0.717) is 36.2 Å². The van der Waals surface area contributed by atoms with Crippen LogP contribution < -0.4 is 16.5 Å². The summed E-state index contributed by atoms with van der Waals surface area (Å²) in [5, 5.41) is 12.7. The van der Waals surface area contributed by atoms with Crippen LogP contribution in [0, 0.1) is 5.92 Å². The lowest BCUT2D eigenvalue weighted by molar-refractivity contribution is 0.0970. The Morgan fingerprint density at radius 3 is 2.62 bits per heavy atom. The average molecular weight is 547 g/mol. The summed E-state index contributed by atoms with van der Waals surface area (Å²) in [5.41, 5.74) is 5.05. The van der Waals surface area contributed by atoms with Gasteiger partial charge in [0, 0.05) is 11.9 Å². The Hall–Kier alpha value is -3.94. The topological polar surface area (TPSA) is 110 Å². The van der Waals surface area contributed by atoms with Crippen LogP contribution in [-0.2, 0) is 11.2 Å². The van der Waals surface area contributed by atoms with Crippen molar-refractivity contribution >= 4 is 11.7 Å². The number of carbonyl (C=O) groups excluding carboxylic acids is 1. The highest BCUT2D eigenvalue weighted by molar-refractivity contribution is 5.99. The molecule has 216 valence electrons. The number of amides is 1. The van der Waals surface area contributed by atoms with E-state index in [9.17, 15) is 4.79 Å². The van der Waals surface area contributed by atoms with Crippen LogP contribution >= 0.6 is 0 Å². The second-order valence-corrected chi connectivity index (χ2v) is 9.29. The molecule has 5 N–H and O–H groups in total. The predicted octanol–water partition coefficient (Wildman–Crippen LogP) is 7.05. The second-order valence-electron chi connectivity index (χ2n) is 9.29. The largest absolute Gasteiger partial charge is 0.492 e. The lowest BCUT2D eigenvalue weighted by atomic mass is 9.76. The maximum Gasteiger partial charge on any atom is 0.258 e. The minimum atomic E-state index is -0.211. The second kappa shape index (κ2) is 19.2. The van der Waals surface area contributed by atoms with Crippen molar-refractivity contribution in [3.8, 4) is 0 Å². The van der Waals surface area contributed by atoms with Crippen LogP contribution in [0.1, 0.15) is 68.1 Å². The van der Waals surface area contributed by atoms with Crippen LogP contribution in [0.5, 0.6) is 0 Å². The Balaban J connectivity index is 0.00000391. The molecule has 0 aromatic carbocycles. The summed E-state index contributed by atoms with van der Waals surface area (Å²) in [6, 6.07) is 2.00. The highest BCUT2D eigenvalue weighted by Gasteiger charge is 2.29. The van der Waals surface area contributed by atoms with Gasteiger partial charge in [-0.25, -0.2) is 10.9 Å². The van der Waals surface area contributed by atoms with Crippen molar-refractivity contribution in [1.29, 1.82) is 0 Å². The molecule has 1 aromatic rings. The van der Waals surface area contributed by atoms with Gasteiger partial charge in [0.15, 0.2) is 0 Å². The Kier molecular flexibility index (Phi) is 16.3. The zero-order valence-electron chi connectivity index (χ0n) is 24.5. The number of hydrogen-bond acceptors (Lipinski definition) is 6. The number of nitrogens with zero attached hydrogens (tertiary/aromatic N) is 1. The fourth-order valence-corrected chi connectivity index (χ4v) is 4.41. The van der Waals surface area contributed by atoms with E-state index < -0.39 is 0 Å². The van der Waals surface area contributed by atoms with Crippen molar-refractivity contribution in [2.45, 2.75) is 52.9 Å². The molecule has 1 aromatic heterocycles. The van der Waals surface area contributed by atoms with E-state index in [1.54, 1.807) is 36.6 Å². The van der Waals surface area contributed by atoms with Crippen LogP contribution in [-0.4, -0.2) is 29.3 Å². The van der Waals surface area contributed by atoms with Gasteiger partial charge in [0.25, 0.3) is 5.91 Å². The van der Waals surface area contributed by atoms with Crippen LogP contribution in [0.15, 0.2) is 104 Å². The molecule has 2 unspecified atom stereocenters. The lowest BCUT2D eigenvalue weighted by Gasteiger charge is -2.31. The van der Waals surface area contributed by atoms with E-state index in [2.05, 4.69) is 75.3 Å². The van der Waals surface area contributed by atoms with Gasteiger partial charge in [-0.15, -0.1) is 0 Å². The van der Waals surface area contributed by atoms with Gasteiger partial charge < -0.3 is 20.6 Å². The molecule has 2 rings (SSSR count). The Bertz CT molecular complexity index is 1160. The summed E-state index contributed by atoms with van der Waals surface area (Å²) >= 11 is 0. The first-order valence-corrected chi connectivity index (χ1v) is 13.6. The molecule has 1 heterocycles. The molecule has 2 atom stereocenters. The molecule has 7 nitrogen and oxygen atoms in total. The fourth-order valence-electron chi connectivity index (χ4n) is 4.41. The first kappa shape index (κ1) is 34.1. The molecule has 0 spiro atoms. The highest BCUT2D eigenvalue weighted by Crippen LogP contribution is 2.39. The first-order valence-electron chi connectivity index (χ1n) is 13.6. The zero-order valence-corrected chi connectivity index (χ0v) is 24.5. The number of pyridine rings is 1. The van der Waals surface area contributed by atoms with Crippen molar-refractivity contribution in [2.24, 2.45) is 11.8 Å². The standard InChI is InChI=1S/C33H43N3O2.H3NO/c1-8-13-17-26(11-4)27-21-25(7)29-23-30(33(37)35-18-14-16-24(6)10-3)32(36-31(29)22-27)34-19-20-38-28(12-5)15-9-2;1-2/h9-18,23,25,27H,2-3,5,8,19-22H2,1,4,6-7H3,(H,34,36)(H,35,37);2H,1H2/b17-13-,18-14+,24-16-,26-11+,28-15+;. The molecule has 0 aliphatic heterocycles. The van der Waals surface area contributed by atoms with Gasteiger partial charge in [-0.05, 0) is 80.4 Å². The number of fused-ring (bicyclic) bond motifs is 1. The van der Waals surface area contributed by atoms with E-state index in [4.69, 9.17) is 14.9 Å². The van der Waals surface area contributed by atoms with Crippen molar-refractivity contribution in [2.75, 3.05) is 18.5 Å². The quantitative estimate of drug-likeness (QED) is 0.0861. The highest BCUT2D eigenvalue weighted by atomic mass is 16.5. The third-order valence-corrected chi connectivity index (χ3v) is 6.48. The Labute approximate surface area is 240 Å². The van der Waals surface area contributed by atoms with Crippen molar-refractivity contribution in [1.82, 2.24) is 10.3 Å². The van der Waals surface area contributed by atoms with Crippen LogP contribution in [0.25, 0.3) is 0 Å². The fraction of sp³-hybridized carbons (Fsp3) is 0.333. The van der Waals surface area contributed by atoms with Crippen molar-refractivity contribution in [3.05, 3.63) is 120 Å². The van der Waals surface area contributed by atoms with Gasteiger partial charge >= 0.3 is 0 Å². The maximum atomic E-state index is 13.2. The third-order valence-electron chi connectivity index (χ3n) is 6.48. The smallest absolute Gasteiger partial charge is 0.258 e. The van der Waals surface area contributed by atoms with Gasteiger partial charge in [-0.3, -0.25) is 4.79 Å². The van der Waals surface area contributed by atoms with Gasteiger partial charge in [-0.2, -0.15) is 0 Å². The molecule has 1 aliphatic carbocycles. The molecule has 1 amide bonds. The Morgan fingerprint density at radius 1 is 1.25 bits per heavy atom. The summed E-state index contributed by atoms with van der Waals surface area (Å²) in [5.74, 6) is 5.18. The number of hydrogen-bond donors (Lipinski definition) is 4. The number of rotatable bonds is 14. The summed E-state index contributed by atoms with van der Waals surface area (Å²) in [6.45, 7) is 20.5. The number of nitrogens with two attached hydrogens (primary N) is 1. The minimum absolute atomic E-state index is 0.211. The summed E-state index contributed by atoms with van der Waals surface area (Å²) < 4.78 is 5.74. The number of ether oxygens (including phenoxy) is 1. The van der Waals surface area contributed by atoms with Gasteiger partial charge in [-0.1, -0.05) is 75.6 Å². The number of aromatic nitrogens is 1. The molecule has 7 heteroatoms. The molecule has 0 saturated heterocycles. The number of allylic oxidation sites excluding steroid dienone is 11. The average Bonchev–Trinajstić information content (AvgIpc) is 2.97. The van der Waals surface area contributed by atoms with Crippen molar-refractivity contribution in [3.63, 3.8) is 0 Å². The first-order chi connectivity index (χ1) is 19.4. The lowest BCUT2D eigenvalue weighted by Crippen LogP contribution is -2.25. The number of carbonyl (C=O) groups is 1. The van der Waals surface area contributed by atoms with Crippen LogP contribution in [0.4, 0.5) is 5.82 Å². The number of anilines is 1. The predicted molar refractivity (Wildman–Crippen MR) is 167 cm³/mol.